The van der Waals surface area contributed by atoms with Gasteiger partial charge in [-0.25, -0.2) is 0 Å². The lowest BCUT2D eigenvalue weighted by Crippen LogP contribution is -2.14. The van der Waals surface area contributed by atoms with E-state index in [-0.39, 0.29) is 5.41 Å². The van der Waals surface area contributed by atoms with Crippen molar-refractivity contribution in [3.05, 3.63) is 168 Å². The van der Waals surface area contributed by atoms with E-state index in [4.69, 9.17) is 4.98 Å². The van der Waals surface area contributed by atoms with Crippen molar-refractivity contribution in [3.63, 3.8) is 0 Å². The van der Waals surface area contributed by atoms with Crippen molar-refractivity contribution in [3.8, 4) is 49.6 Å². The molecule has 0 aliphatic heterocycles. The van der Waals surface area contributed by atoms with Gasteiger partial charge in [-0.2, -0.15) is 0 Å². The molecule has 0 bridgehead atoms. The molecule has 3 heterocycles. The van der Waals surface area contributed by atoms with Crippen LogP contribution in [0.3, 0.4) is 0 Å². The first-order valence-corrected chi connectivity index (χ1v) is 17.7. The fourth-order valence-electron chi connectivity index (χ4n) is 7.96. The molecule has 0 amide bonds. The highest BCUT2D eigenvalue weighted by atomic mass is 32.1. The molecule has 0 saturated heterocycles. The summed E-state index contributed by atoms with van der Waals surface area (Å²) in [5.74, 6) is 0. The third-order valence-electron chi connectivity index (χ3n) is 10.5. The van der Waals surface area contributed by atoms with Crippen LogP contribution in [0.5, 0.6) is 0 Å². The smallest absolute Gasteiger partial charge is 0.0708 e. The summed E-state index contributed by atoms with van der Waals surface area (Å²) in [5.41, 5.74) is 14.9. The summed E-state index contributed by atoms with van der Waals surface area (Å²) in [6.45, 7) is 4.72. The van der Waals surface area contributed by atoms with Gasteiger partial charge in [0.1, 0.15) is 0 Å². The van der Waals surface area contributed by atoms with Crippen LogP contribution in [0.15, 0.2) is 157 Å². The van der Waals surface area contributed by atoms with Crippen LogP contribution in [0.1, 0.15) is 25.0 Å². The maximum atomic E-state index is 4.79. The molecule has 232 valence electrons. The first-order valence-electron chi connectivity index (χ1n) is 16.9. The lowest BCUT2D eigenvalue weighted by atomic mass is 9.82. The van der Waals surface area contributed by atoms with Crippen LogP contribution in [0, 0.1) is 0 Å². The van der Waals surface area contributed by atoms with E-state index in [9.17, 15) is 0 Å². The fourth-order valence-corrected chi connectivity index (χ4v) is 8.88. The second kappa shape index (κ2) is 10.6. The molecule has 0 radical (unpaired) electrons. The van der Waals surface area contributed by atoms with Crippen molar-refractivity contribution >= 4 is 43.9 Å². The molecule has 0 unspecified atom stereocenters. The van der Waals surface area contributed by atoms with E-state index in [1.165, 1.54) is 76.7 Å². The monoisotopic (exact) mass is 644 g/mol. The summed E-state index contributed by atoms with van der Waals surface area (Å²) in [5, 5.41) is 7.23. The number of hydrogen-bond acceptors (Lipinski definition) is 2. The molecule has 1 aliphatic carbocycles. The number of pyridine rings is 1. The van der Waals surface area contributed by atoms with E-state index < -0.39 is 0 Å². The molecule has 0 spiro atoms. The largest absolute Gasteiger partial charge is 0.309 e. The predicted molar refractivity (Wildman–Crippen MR) is 208 cm³/mol. The van der Waals surface area contributed by atoms with E-state index in [1.807, 2.05) is 6.20 Å². The summed E-state index contributed by atoms with van der Waals surface area (Å²) in [4.78, 5) is 6.04. The Hall–Kier alpha value is -5.77. The highest BCUT2D eigenvalue weighted by Gasteiger charge is 2.36. The Morgan fingerprint density at radius 2 is 1.31 bits per heavy atom. The second-order valence-corrected chi connectivity index (χ2v) is 14.6. The van der Waals surface area contributed by atoms with Crippen LogP contribution in [-0.2, 0) is 5.41 Å². The quantitative estimate of drug-likeness (QED) is 0.186. The van der Waals surface area contributed by atoms with Crippen LogP contribution in [0.2, 0.25) is 0 Å². The number of hydrogen-bond donors (Lipinski definition) is 0. The second-order valence-electron chi connectivity index (χ2n) is 13.7. The third-order valence-corrected chi connectivity index (χ3v) is 11.5. The van der Waals surface area contributed by atoms with Gasteiger partial charge in [-0.05, 0) is 104 Å². The number of rotatable bonds is 4. The summed E-state index contributed by atoms with van der Waals surface area (Å²) in [7, 11) is 0. The van der Waals surface area contributed by atoms with E-state index in [2.05, 4.69) is 169 Å². The van der Waals surface area contributed by atoms with Gasteiger partial charge >= 0.3 is 0 Å². The van der Waals surface area contributed by atoms with Crippen molar-refractivity contribution in [2.45, 2.75) is 19.3 Å². The van der Waals surface area contributed by atoms with Crippen LogP contribution < -0.4 is 0 Å². The van der Waals surface area contributed by atoms with Crippen LogP contribution in [-0.4, -0.2) is 9.55 Å². The molecule has 3 heteroatoms. The molecule has 0 saturated carbocycles. The third kappa shape index (κ3) is 4.36. The number of nitrogens with zero attached hydrogens (tertiary/aromatic N) is 2. The van der Waals surface area contributed by atoms with E-state index in [0.717, 1.165) is 16.6 Å². The van der Waals surface area contributed by atoms with Gasteiger partial charge in [0.15, 0.2) is 0 Å². The Morgan fingerprint density at radius 1 is 0.531 bits per heavy atom. The highest BCUT2D eigenvalue weighted by Crippen LogP contribution is 2.51. The molecule has 10 rings (SSSR count). The van der Waals surface area contributed by atoms with Gasteiger partial charge < -0.3 is 4.57 Å². The first-order chi connectivity index (χ1) is 24.0. The topological polar surface area (TPSA) is 17.8 Å². The lowest BCUT2D eigenvalue weighted by Gasteiger charge is -2.21. The van der Waals surface area contributed by atoms with Crippen LogP contribution >= 0.6 is 11.3 Å². The molecule has 6 aromatic carbocycles. The number of aromatic nitrogens is 2. The minimum Gasteiger partial charge on any atom is -0.309 e. The number of fused-ring (bicyclic) bond motifs is 7. The molecule has 1 aliphatic rings. The summed E-state index contributed by atoms with van der Waals surface area (Å²) >= 11 is 1.80. The summed E-state index contributed by atoms with van der Waals surface area (Å²) in [6, 6.07) is 53.3. The Balaban J connectivity index is 1.10. The maximum Gasteiger partial charge on any atom is 0.0708 e. The SMILES string of the molecule is CC1(C)c2ccccc2-c2cc3c4cc(-c5csc(-c6cccc(-c7cc8ccccc8cn7)c6)c5)ccc4n(-c4ccccc4)c3cc21. The van der Waals surface area contributed by atoms with E-state index in [0.29, 0.717) is 0 Å². The minimum atomic E-state index is -0.0575. The van der Waals surface area contributed by atoms with Gasteiger partial charge in [0, 0.05) is 43.9 Å². The lowest BCUT2D eigenvalue weighted by molar-refractivity contribution is 0.661. The normalized spacial score (nSPS) is 13.3. The van der Waals surface area contributed by atoms with Gasteiger partial charge in [0.2, 0.25) is 0 Å². The number of thiophene rings is 1. The average Bonchev–Trinajstić information content (AvgIpc) is 3.83. The Bertz CT molecular complexity index is 2750. The van der Waals surface area contributed by atoms with Crippen molar-refractivity contribution in [2.75, 3.05) is 0 Å². The zero-order valence-corrected chi connectivity index (χ0v) is 28.1. The molecular formula is C46H32N2S. The molecule has 0 atom stereocenters. The fraction of sp³-hybridized carbons (Fsp3) is 0.0652. The molecular weight excluding hydrogens is 613 g/mol. The van der Waals surface area contributed by atoms with Crippen molar-refractivity contribution in [1.29, 1.82) is 0 Å². The number of para-hydroxylation sites is 1. The molecule has 3 aromatic heterocycles. The van der Waals surface area contributed by atoms with Gasteiger partial charge in [-0.1, -0.05) is 105 Å². The van der Waals surface area contributed by atoms with Gasteiger partial charge in [0.25, 0.3) is 0 Å². The zero-order chi connectivity index (χ0) is 32.7. The first kappa shape index (κ1) is 28.3. The van der Waals surface area contributed by atoms with E-state index in [1.54, 1.807) is 11.3 Å². The molecule has 2 nitrogen and oxygen atoms in total. The van der Waals surface area contributed by atoms with Crippen molar-refractivity contribution in [2.24, 2.45) is 0 Å². The maximum absolute atomic E-state index is 4.79. The molecule has 0 fully saturated rings. The predicted octanol–water partition coefficient (Wildman–Crippen LogP) is 12.7. The summed E-state index contributed by atoms with van der Waals surface area (Å²) in [6.07, 6.45) is 1.97. The molecule has 49 heavy (non-hydrogen) atoms. The van der Waals surface area contributed by atoms with Crippen molar-refractivity contribution in [1.82, 2.24) is 9.55 Å². The van der Waals surface area contributed by atoms with E-state index >= 15 is 0 Å². The standard InChI is InChI=1S/C46H32N2S/c1-46(2)40-18-9-8-17-36(40)37-25-39-38-22-30(19-20-43(38)48(44(39)26-41(37)46)35-15-4-3-5-16-35)34-24-45(49-28-34)32-14-10-13-31(21-32)42-23-29-11-6-7-12-33(29)27-47-42/h3-28H,1-2H3. The minimum absolute atomic E-state index is 0.0575. The Kier molecular flexibility index (Phi) is 6.12. The molecule has 0 N–H and O–H groups in total. The van der Waals surface area contributed by atoms with Crippen molar-refractivity contribution < 1.29 is 0 Å². The Morgan fingerprint density at radius 3 is 2.20 bits per heavy atom. The summed E-state index contributed by atoms with van der Waals surface area (Å²) < 4.78 is 2.44. The van der Waals surface area contributed by atoms with Crippen LogP contribution in [0.25, 0.3) is 82.2 Å². The van der Waals surface area contributed by atoms with Gasteiger partial charge in [-0.3, -0.25) is 4.98 Å². The molecule has 9 aromatic rings. The average molecular weight is 645 g/mol. The van der Waals surface area contributed by atoms with Gasteiger partial charge in [-0.15, -0.1) is 11.3 Å². The Labute approximate surface area is 289 Å². The highest BCUT2D eigenvalue weighted by molar-refractivity contribution is 7.14. The van der Waals surface area contributed by atoms with Gasteiger partial charge in [0.05, 0.1) is 16.7 Å². The zero-order valence-electron chi connectivity index (χ0n) is 27.3. The number of benzene rings is 6. The van der Waals surface area contributed by atoms with Crippen LogP contribution in [0.4, 0.5) is 0 Å².